The molecule has 0 saturated carbocycles. The van der Waals surface area contributed by atoms with Gasteiger partial charge < -0.3 is 0 Å². The average Bonchev–Trinajstić information content (AvgIpc) is 3.06. The Morgan fingerprint density at radius 1 is 0.885 bits per heavy atom. The van der Waals surface area contributed by atoms with E-state index in [1.165, 1.54) is 17.2 Å². The van der Waals surface area contributed by atoms with Crippen molar-refractivity contribution in [2.45, 2.75) is 13.3 Å². The van der Waals surface area contributed by atoms with Crippen molar-refractivity contribution in [3.05, 3.63) is 89.2 Å². The van der Waals surface area contributed by atoms with E-state index in [-0.39, 0.29) is 5.82 Å². The van der Waals surface area contributed by atoms with Crippen LogP contribution in [0.2, 0.25) is 0 Å². The van der Waals surface area contributed by atoms with Gasteiger partial charge in [0.2, 0.25) is 0 Å². The van der Waals surface area contributed by atoms with Gasteiger partial charge in [-0.2, -0.15) is 8.42 Å². The lowest BCUT2D eigenvalue weighted by molar-refractivity contribution is 0.628. The van der Waals surface area contributed by atoms with Gasteiger partial charge >= 0.3 is 11.6 Å². The summed E-state index contributed by atoms with van der Waals surface area (Å²) >= 11 is -0.750. The van der Waals surface area contributed by atoms with E-state index in [0.717, 1.165) is 34.5 Å². The molecule has 0 bridgehead atoms. The predicted molar refractivity (Wildman–Crippen MR) is 102 cm³/mol. The molecule has 26 heavy (non-hydrogen) atoms. The highest BCUT2D eigenvalue weighted by atomic mass is 32.1. The Balaban J connectivity index is 0.000000613. The molecule has 0 N–H and O–H groups in total. The van der Waals surface area contributed by atoms with Crippen molar-refractivity contribution in [2.24, 2.45) is 4.99 Å². The molecule has 3 aromatic rings. The third kappa shape index (κ3) is 4.00. The van der Waals surface area contributed by atoms with Crippen LogP contribution in [0.1, 0.15) is 16.7 Å². The van der Waals surface area contributed by atoms with Crippen LogP contribution in [-0.2, 0) is 18.0 Å². The van der Waals surface area contributed by atoms with Gasteiger partial charge in [-0.3, -0.25) is 4.99 Å². The zero-order valence-electron chi connectivity index (χ0n) is 14.1. The molecule has 0 aromatic heterocycles. The summed E-state index contributed by atoms with van der Waals surface area (Å²) in [6, 6.07) is 21.2. The Bertz CT molecular complexity index is 1010. The molecule has 0 fully saturated rings. The molecule has 0 unspecified atom stereocenters. The second kappa shape index (κ2) is 7.97. The van der Waals surface area contributed by atoms with E-state index >= 15 is 0 Å². The van der Waals surface area contributed by atoms with Crippen molar-refractivity contribution >= 4 is 23.0 Å². The summed E-state index contributed by atoms with van der Waals surface area (Å²) in [7, 11) is 0. The highest BCUT2D eigenvalue weighted by Gasteiger charge is 2.16. The van der Waals surface area contributed by atoms with Gasteiger partial charge in [0.1, 0.15) is 5.82 Å². The minimum atomic E-state index is -0.750. The van der Waals surface area contributed by atoms with E-state index in [4.69, 9.17) is 13.4 Å². The van der Waals surface area contributed by atoms with E-state index in [9.17, 15) is 4.39 Å². The molecule has 0 spiro atoms. The van der Waals surface area contributed by atoms with Gasteiger partial charge in [0.15, 0.2) is 0 Å². The Kier molecular flexibility index (Phi) is 5.49. The maximum atomic E-state index is 13.3. The lowest BCUT2D eigenvalue weighted by Gasteiger charge is -2.05. The van der Waals surface area contributed by atoms with Gasteiger partial charge in [-0.25, -0.2) is 4.39 Å². The van der Waals surface area contributed by atoms with E-state index in [1.54, 1.807) is 12.1 Å². The number of rotatable bonds is 2. The maximum Gasteiger partial charge on any atom is 0.335 e. The summed E-state index contributed by atoms with van der Waals surface area (Å²) in [5.74, 6) is -0.211. The summed E-state index contributed by atoms with van der Waals surface area (Å²) in [5, 5.41) is 0. The molecule has 3 aromatic carbocycles. The lowest BCUT2D eigenvalue weighted by atomic mass is 9.99. The molecular weight excluding hydrogens is 349 g/mol. The number of hydrogen-bond donors (Lipinski definition) is 0. The van der Waals surface area contributed by atoms with Crippen molar-refractivity contribution in [2.75, 3.05) is 0 Å². The smallest absolute Gasteiger partial charge is 0.252 e. The molecule has 5 heteroatoms. The fourth-order valence-electron chi connectivity index (χ4n) is 3.02. The molecule has 0 atom stereocenters. The minimum absolute atomic E-state index is 0.211. The number of aryl methyl sites for hydroxylation is 1. The number of nitrogens with zero attached hydrogens (tertiary/aromatic N) is 1. The second-order valence-electron chi connectivity index (χ2n) is 6.02. The van der Waals surface area contributed by atoms with Gasteiger partial charge in [0.25, 0.3) is 0 Å². The SMILES string of the molecule is Cc1ccc2c(c1)CC(c1ccc(-c3cccc(F)c3)cc1)=N2.O=S=O. The largest absolute Gasteiger partial charge is 0.335 e. The molecule has 0 saturated heterocycles. The van der Waals surface area contributed by atoms with Gasteiger partial charge in [0.05, 0.1) is 11.4 Å². The van der Waals surface area contributed by atoms with Gasteiger partial charge in [0, 0.05) is 6.42 Å². The normalized spacial score (nSPS) is 11.8. The van der Waals surface area contributed by atoms with E-state index in [0.29, 0.717) is 0 Å². The van der Waals surface area contributed by atoms with Crippen LogP contribution in [-0.4, -0.2) is 14.1 Å². The van der Waals surface area contributed by atoms with E-state index < -0.39 is 11.6 Å². The molecule has 4 rings (SSSR count). The number of halogens is 1. The summed E-state index contributed by atoms with van der Waals surface area (Å²) in [4.78, 5) is 4.74. The number of aliphatic imine (C=N–C) groups is 1. The average molecular weight is 365 g/mol. The van der Waals surface area contributed by atoms with Crippen molar-refractivity contribution < 1.29 is 12.8 Å². The first-order chi connectivity index (χ1) is 12.6. The van der Waals surface area contributed by atoms with E-state index in [2.05, 4.69) is 37.3 Å². The molecule has 1 aliphatic rings. The zero-order chi connectivity index (χ0) is 18.5. The topological polar surface area (TPSA) is 46.5 Å². The van der Waals surface area contributed by atoms with Crippen LogP contribution in [0.4, 0.5) is 10.1 Å². The highest BCUT2D eigenvalue weighted by molar-refractivity contribution is 7.51. The fourth-order valence-corrected chi connectivity index (χ4v) is 3.02. The lowest BCUT2D eigenvalue weighted by Crippen LogP contribution is -2.00. The molecule has 1 aliphatic heterocycles. The van der Waals surface area contributed by atoms with Crippen LogP contribution < -0.4 is 0 Å². The molecule has 3 nitrogen and oxygen atoms in total. The molecular formula is C21H16FNO2S. The monoisotopic (exact) mass is 365 g/mol. The Morgan fingerprint density at radius 2 is 1.58 bits per heavy atom. The number of hydrogen-bond acceptors (Lipinski definition) is 3. The van der Waals surface area contributed by atoms with Crippen LogP contribution in [0.25, 0.3) is 11.1 Å². The fraction of sp³-hybridized carbons (Fsp3) is 0.0952. The third-order valence-electron chi connectivity index (χ3n) is 4.22. The zero-order valence-corrected chi connectivity index (χ0v) is 14.9. The minimum Gasteiger partial charge on any atom is -0.252 e. The van der Waals surface area contributed by atoms with E-state index in [1.807, 2.05) is 18.2 Å². The first kappa shape index (κ1) is 17.9. The van der Waals surface area contributed by atoms with Gasteiger partial charge in [-0.15, -0.1) is 0 Å². The standard InChI is InChI=1S/C21H16FN.O2S/c1-14-5-10-20-18(11-14)13-21(23-20)16-8-6-15(7-9-16)17-3-2-4-19(22)12-17;1-3-2/h2-12H,13H2,1H3;. The second-order valence-corrected chi connectivity index (χ2v) is 6.16. The Morgan fingerprint density at radius 3 is 2.27 bits per heavy atom. The molecule has 1 heterocycles. The van der Waals surface area contributed by atoms with Crippen LogP contribution >= 0.6 is 0 Å². The quantitative estimate of drug-likeness (QED) is 0.654. The summed E-state index contributed by atoms with van der Waals surface area (Å²) in [6.07, 6.45) is 0.871. The predicted octanol–water partition coefficient (Wildman–Crippen LogP) is 4.81. The third-order valence-corrected chi connectivity index (χ3v) is 4.22. The van der Waals surface area contributed by atoms with Crippen molar-refractivity contribution in [3.8, 4) is 11.1 Å². The van der Waals surface area contributed by atoms with Crippen LogP contribution in [0.3, 0.4) is 0 Å². The van der Waals surface area contributed by atoms with Crippen LogP contribution in [0.15, 0.2) is 71.7 Å². The molecule has 130 valence electrons. The van der Waals surface area contributed by atoms with Crippen molar-refractivity contribution in [3.63, 3.8) is 0 Å². The first-order valence-electron chi connectivity index (χ1n) is 8.06. The maximum absolute atomic E-state index is 13.3. The van der Waals surface area contributed by atoms with Crippen molar-refractivity contribution in [1.82, 2.24) is 0 Å². The van der Waals surface area contributed by atoms with Crippen LogP contribution in [0, 0.1) is 12.7 Å². The van der Waals surface area contributed by atoms with Gasteiger partial charge in [-0.1, -0.05) is 54.1 Å². The first-order valence-corrected chi connectivity index (χ1v) is 8.72. The Hall–Kier alpha value is -2.92. The van der Waals surface area contributed by atoms with Crippen LogP contribution in [0.5, 0.6) is 0 Å². The Labute approximate surface area is 154 Å². The van der Waals surface area contributed by atoms with Gasteiger partial charge in [-0.05, 0) is 47.4 Å². The molecule has 0 aliphatic carbocycles. The summed E-state index contributed by atoms with van der Waals surface area (Å²) in [5.41, 5.74) is 7.75. The molecule has 0 amide bonds. The number of benzene rings is 3. The molecule has 0 radical (unpaired) electrons. The number of fused-ring (bicyclic) bond motifs is 1. The highest BCUT2D eigenvalue weighted by Crippen LogP contribution is 2.30. The summed E-state index contributed by atoms with van der Waals surface area (Å²) < 4.78 is 29.9. The van der Waals surface area contributed by atoms with Crippen molar-refractivity contribution in [1.29, 1.82) is 0 Å². The summed E-state index contributed by atoms with van der Waals surface area (Å²) in [6.45, 7) is 2.10.